The Kier molecular flexibility index (Phi) is 4.00. The summed E-state index contributed by atoms with van der Waals surface area (Å²) in [6.45, 7) is 6.48. The fourth-order valence-corrected chi connectivity index (χ4v) is 2.87. The average molecular weight is 212 g/mol. The number of morpholine rings is 1. The Labute approximate surface area is 93.0 Å². The van der Waals surface area contributed by atoms with Crippen LogP contribution in [0.4, 0.5) is 0 Å². The molecule has 3 heteroatoms. The van der Waals surface area contributed by atoms with Crippen LogP contribution in [0.25, 0.3) is 0 Å². The van der Waals surface area contributed by atoms with Crippen LogP contribution in [0.1, 0.15) is 32.6 Å². The fraction of sp³-hybridized carbons (Fsp3) is 1.00. The standard InChI is InChI=1S/C12H24N2O/c1-10-9-14(7-8-15-10)6-5-11-3-2-4-12(11)13/h10-12H,2-9,13H2,1H3. The molecule has 1 saturated carbocycles. The van der Waals surface area contributed by atoms with E-state index in [9.17, 15) is 0 Å². The Morgan fingerprint density at radius 3 is 2.93 bits per heavy atom. The van der Waals surface area contributed by atoms with Crippen molar-refractivity contribution in [2.24, 2.45) is 11.7 Å². The molecule has 1 aliphatic carbocycles. The molecule has 0 amide bonds. The van der Waals surface area contributed by atoms with Crippen LogP contribution >= 0.6 is 0 Å². The molecule has 3 unspecified atom stereocenters. The molecule has 2 N–H and O–H groups in total. The van der Waals surface area contributed by atoms with Gasteiger partial charge in [0.15, 0.2) is 0 Å². The molecular formula is C12H24N2O. The first kappa shape index (κ1) is 11.4. The number of ether oxygens (including phenoxy) is 1. The minimum absolute atomic E-state index is 0.413. The molecule has 0 radical (unpaired) electrons. The highest BCUT2D eigenvalue weighted by molar-refractivity contribution is 4.81. The SMILES string of the molecule is CC1CN(CCC2CCCC2N)CCO1. The normalized spacial score (nSPS) is 38.4. The highest BCUT2D eigenvalue weighted by Crippen LogP contribution is 2.27. The summed E-state index contributed by atoms with van der Waals surface area (Å²) in [5, 5.41) is 0. The van der Waals surface area contributed by atoms with Crippen LogP contribution in [0.3, 0.4) is 0 Å². The van der Waals surface area contributed by atoms with Crippen molar-refractivity contribution in [2.45, 2.75) is 44.8 Å². The van der Waals surface area contributed by atoms with Crippen molar-refractivity contribution in [3.63, 3.8) is 0 Å². The second-order valence-electron chi connectivity index (χ2n) is 5.13. The molecule has 3 atom stereocenters. The maximum atomic E-state index is 6.08. The van der Waals surface area contributed by atoms with E-state index in [1.54, 1.807) is 0 Å². The average Bonchev–Trinajstić information content (AvgIpc) is 2.61. The van der Waals surface area contributed by atoms with Gasteiger partial charge in [0.05, 0.1) is 12.7 Å². The summed E-state index contributed by atoms with van der Waals surface area (Å²) >= 11 is 0. The van der Waals surface area contributed by atoms with E-state index in [0.717, 1.165) is 25.6 Å². The minimum Gasteiger partial charge on any atom is -0.376 e. The Morgan fingerprint density at radius 1 is 1.40 bits per heavy atom. The number of nitrogens with two attached hydrogens (primary N) is 1. The van der Waals surface area contributed by atoms with E-state index >= 15 is 0 Å². The van der Waals surface area contributed by atoms with Crippen LogP contribution in [0, 0.1) is 5.92 Å². The zero-order valence-electron chi connectivity index (χ0n) is 9.82. The fourth-order valence-electron chi connectivity index (χ4n) is 2.87. The molecule has 2 fully saturated rings. The zero-order valence-corrected chi connectivity index (χ0v) is 9.82. The summed E-state index contributed by atoms with van der Waals surface area (Å²) in [6.07, 6.45) is 5.63. The predicted octanol–water partition coefficient (Wildman–Crippen LogP) is 1.22. The van der Waals surface area contributed by atoms with Crippen LogP contribution in [-0.2, 0) is 4.74 Å². The number of hydrogen-bond acceptors (Lipinski definition) is 3. The molecule has 1 heterocycles. The highest BCUT2D eigenvalue weighted by atomic mass is 16.5. The Bertz CT molecular complexity index is 198. The summed E-state index contributed by atoms with van der Waals surface area (Å²) in [5.74, 6) is 0.781. The van der Waals surface area contributed by atoms with Crippen molar-refractivity contribution in [1.82, 2.24) is 4.90 Å². The van der Waals surface area contributed by atoms with E-state index in [2.05, 4.69) is 11.8 Å². The van der Waals surface area contributed by atoms with Gasteiger partial charge in [-0.15, -0.1) is 0 Å². The van der Waals surface area contributed by atoms with Crippen molar-refractivity contribution < 1.29 is 4.74 Å². The maximum Gasteiger partial charge on any atom is 0.0674 e. The van der Waals surface area contributed by atoms with Crippen molar-refractivity contribution in [3.05, 3.63) is 0 Å². The molecule has 88 valence electrons. The molecule has 1 aliphatic heterocycles. The van der Waals surface area contributed by atoms with Gasteiger partial charge >= 0.3 is 0 Å². The molecule has 15 heavy (non-hydrogen) atoms. The van der Waals surface area contributed by atoms with Crippen molar-refractivity contribution in [1.29, 1.82) is 0 Å². The third-order valence-electron chi connectivity index (χ3n) is 3.86. The monoisotopic (exact) mass is 212 g/mol. The van der Waals surface area contributed by atoms with Crippen LogP contribution in [0.2, 0.25) is 0 Å². The first-order chi connectivity index (χ1) is 7.25. The maximum absolute atomic E-state index is 6.08. The van der Waals surface area contributed by atoms with Crippen molar-refractivity contribution in [3.8, 4) is 0 Å². The smallest absolute Gasteiger partial charge is 0.0674 e. The van der Waals surface area contributed by atoms with E-state index in [1.807, 2.05) is 0 Å². The third kappa shape index (κ3) is 3.16. The van der Waals surface area contributed by atoms with Crippen molar-refractivity contribution >= 4 is 0 Å². The largest absolute Gasteiger partial charge is 0.376 e. The molecule has 1 saturated heterocycles. The van der Waals surface area contributed by atoms with Crippen molar-refractivity contribution in [2.75, 3.05) is 26.2 Å². The first-order valence-electron chi connectivity index (χ1n) is 6.35. The Hall–Kier alpha value is -0.120. The topological polar surface area (TPSA) is 38.5 Å². The van der Waals surface area contributed by atoms with E-state index in [1.165, 1.54) is 32.2 Å². The predicted molar refractivity (Wildman–Crippen MR) is 61.8 cm³/mol. The van der Waals surface area contributed by atoms with Gasteiger partial charge in [-0.3, -0.25) is 4.90 Å². The molecule has 2 rings (SSSR count). The second kappa shape index (κ2) is 5.28. The molecule has 0 aromatic rings. The summed E-state index contributed by atoms with van der Waals surface area (Å²) < 4.78 is 5.53. The highest BCUT2D eigenvalue weighted by Gasteiger charge is 2.25. The van der Waals surface area contributed by atoms with Crippen LogP contribution in [-0.4, -0.2) is 43.3 Å². The van der Waals surface area contributed by atoms with Gasteiger partial charge in [-0.2, -0.15) is 0 Å². The molecule has 0 bridgehead atoms. The molecule has 2 aliphatic rings. The van der Waals surface area contributed by atoms with Gasteiger partial charge in [0.2, 0.25) is 0 Å². The van der Waals surface area contributed by atoms with Gasteiger partial charge < -0.3 is 10.5 Å². The number of nitrogens with zero attached hydrogens (tertiary/aromatic N) is 1. The Morgan fingerprint density at radius 2 is 2.27 bits per heavy atom. The van der Waals surface area contributed by atoms with E-state index in [-0.39, 0.29) is 0 Å². The minimum atomic E-state index is 0.413. The van der Waals surface area contributed by atoms with E-state index in [0.29, 0.717) is 12.1 Å². The van der Waals surface area contributed by atoms with E-state index < -0.39 is 0 Å². The number of hydrogen-bond donors (Lipinski definition) is 1. The molecular weight excluding hydrogens is 188 g/mol. The van der Waals surface area contributed by atoms with Crippen LogP contribution in [0.5, 0.6) is 0 Å². The van der Waals surface area contributed by atoms with Gasteiger partial charge in [0.1, 0.15) is 0 Å². The molecule has 0 aromatic carbocycles. The lowest BCUT2D eigenvalue weighted by atomic mass is 10.00. The molecule has 3 nitrogen and oxygen atoms in total. The van der Waals surface area contributed by atoms with Gasteiger partial charge in [-0.25, -0.2) is 0 Å². The lowest BCUT2D eigenvalue weighted by Crippen LogP contribution is -2.42. The van der Waals surface area contributed by atoms with Gasteiger partial charge in [-0.05, 0) is 38.6 Å². The lowest BCUT2D eigenvalue weighted by molar-refractivity contribution is -0.0197. The molecule has 0 spiro atoms. The second-order valence-corrected chi connectivity index (χ2v) is 5.13. The number of rotatable bonds is 3. The first-order valence-corrected chi connectivity index (χ1v) is 6.35. The lowest BCUT2D eigenvalue weighted by Gasteiger charge is -2.32. The van der Waals surface area contributed by atoms with Gasteiger partial charge in [0.25, 0.3) is 0 Å². The van der Waals surface area contributed by atoms with E-state index in [4.69, 9.17) is 10.5 Å². The van der Waals surface area contributed by atoms with Gasteiger partial charge in [-0.1, -0.05) is 6.42 Å². The zero-order chi connectivity index (χ0) is 10.7. The summed E-state index contributed by atoms with van der Waals surface area (Å²) in [5.41, 5.74) is 6.08. The third-order valence-corrected chi connectivity index (χ3v) is 3.86. The van der Waals surface area contributed by atoms with Gasteiger partial charge in [0, 0.05) is 19.1 Å². The summed E-state index contributed by atoms with van der Waals surface area (Å²) in [4.78, 5) is 2.53. The Balaban J connectivity index is 1.68. The quantitative estimate of drug-likeness (QED) is 0.764. The summed E-state index contributed by atoms with van der Waals surface area (Å²) in [7, 11) is 0. The summed E-state index contributed by atoms with van der Waals surface area (Å²) in [6, 6.07) is 0.475. The van der Waals surface area contributed by atoms with Crippen LogP contribution in [0.15, 0.2) is 0 Å². The van der Waals surface area contributed by atoms with Crippen LogP contribution < -0.4 is 5.73 Å². The molecule has 0 aromatic heterocycles.